The average molecular weight is 460 g/mol. The van der Waals surface area contributed by atoms with Crippen LogP contribution in [0.3, 0.4) is 0 Å². The van der Waals surface area contributed by atoms with Crippen LogP contribution in [0.1, 0.15) is 26.3 Å². The number of benzene rings is 3. The van der Waals surface area contributed by atoms with E-state index in [-0.39, 0.29) is 12.0 Å². The summed E-state index contributed by atoms with van der Waals surface area (Å²) < 4.78 is 10.2. The predicted octanol–water partition coefficient (Wildman–Crippen LogP) is 2.54. The Labute approximate surface area is 196 Å². The number of hydrogen-bond donors (Lipinski definition) is 2. The Balaban J connectivity index is 1.63. The summed E-state index contributed by atoms with van der Waals surface area (Å²) >= 11 is 0. The maximum absolute atomic E-state index is 12.8. The summed E-state index contributed by atoms with van der Waals surface area (Å²) in [5, 5.41) is 4.82. The largest absolute Gasteiger partial charge is 0.496 e. The lowest BCUT2D eigenvalue weighted by atomic mass is 10.1. The maximum atomic E-state index is 12.8. The minimum Gasteiger partial charge on any atom is -0.496 e. The number of methoxy groups -OCH3 is 1. The Hall–Kier alpha value is -4.46. The topological polar surface area (TPSA) is 111 Å². The summed E-state index contributed by atoms with van der Waals surface area (Å²) in [5.74, 6) is -2.44. The predicted molar refractivity (Wildman–Crippen MR) is 124 cm³/mol. The van der Waals surface area contributed by atoms with Crippen molar-refractivity contribution in [2.75, 3.05) is 13.7 Å². The van der Waals surface area contributed by atoms with Crippen molar-refractivity contribution >= 4 is 23.7 Å². The highest BCUT2D eigenvalue weighted by atomic mass is 16.5. The van der Waals surface area contributed by atoms with Crippen LogP contribution in [0.15, 0.2) is 84.9 Å². The number of para-hydroxylation sites is 1. The van der Waals surface area contributed by atoms with E-state index in [1.54, 1.807) is 48.5 Å². The van der Waals surface area contributed by atoms with Gasteiger partial charge in [0.1, 0.15) is 11.8 Å². The smallest absolute Gasteiger partial charge is 0.329 e. The molecule has 174 valence electrons. The van der Waals surface area contributed by atoms with Gasteiger partial charge in [-0.2, -0.15) is 0 Å². The van der Waals surface area contributed by atoms with Crippen LogP contribution in [0.25, 0.3) is 0 Å². The van der Waals surface area contributed by atoms with E-state index in [1.807, 2.05) is 30.3 Å². The number of esters is 1. The van der Waals surface area contributed by atoms with Gasteiger partial charge in [0.05, 0.1) is 12.7 Å². The third kappa shape index (κ3) is 6.77. The van der Waals surface area contributed by atoms with Crippen molar-refractivity contribution in [3.63, 3.8) is 0 Å². The summed E-state index contributed by atoms with van der Waals surface area (Å²) in [6.45, 7) is -0.688. The molecule has 0 saturated heterocycles. The normalized spacial score (nSPS) is 11.1. The number of imide groups is 1. The molecule has 0 radical (unpaired) electrons. The molecular weight excluding hydrogens is 436 g/mol. The van der Waals surface area contributed by atoms with Crippen molar-refractivity contribution in [3.8, 4) is 5.75 Å². The molecule has 34 heavy (non-hydrogen) atoms. The first-order chi connectivity index (χ1) is 16.5. The van der Waals surface area contributed by atoms with E-state index >= 15 is 0 Å². The van der Waals surface area contributed by atoms with Gasteiger partial charge >= 0.3 is 5.97 Å². The third-order valence-electron chi connectivity index (χ3n) is 4.86. The molecule has 1 atom stereocenters. The molecule has 0 aromatic heterocycles. The molecule has 0 spiro atoms. The fraction of sp³-hybridized carbons (Fsp3) is 0.154. The third-order valence-corrected chi connectivity index (χ3v) is 4.86. The second kappa shape index (κ2) is 12.0. The van der Waals surface area contributed by atoms with Gasteiger partial charge in [-0.25, -0.2) is 4.79 Å². The lowest BCUT2D eigenvalue weighted by Gasteiger charge is -2.18. The molecule has 0 heterocycles. The van der Waals surface area contributed by atoms with Gasteiger partial charge in [-0.05, 0) is 29.8 Å². The van der Waals surface area contributed by atoms with Gasteiger partial charge in [-0.3, -0.25) is 19.7 Å². The molecule has 0 aliphatic rings. The monoisotopic (exact) mass is 460 g/mol. The summed E-state index contributed by atoms with van der Waals surface area (Å²) in [4.78, 5) is 49.9. The molecule has 3 amide bonds. The molecule has 0 saturated carbocycles. The zero-order chi connectivity index (χ0) is 24.3. The van der Waals surface area contributed by atoms with Gasteiger partial charge in [0.15, 0.2) is 6.61 Å². The number of ether oxygens (including phenoxy) is 2. The molecule has 0 fully saturated rings. The minimum absolute atomic E-state index is 0.167. The lowest BCUT2D eigenvalue weighted by molar-refractivity contribution is -0.150. The zero-order valence-corrected chi connectivity index (χ0v) is 18.5. The van der Waals surface area contributed by atoms with Crippen molar-refractivity contribution in [2.24, 2.45) is 0 Å². The fourth-order valence-electron chi connectivity index (χ4n) is 3.17. The molecule has 3 rings (SSSR count). The Bertz CT molecular complexity index is 1150. The Morgan fingerprint density at radius 3 is 2.09 bits per heavy atom. The average Bonchev–Trinajstić information content (AvgIpc) is 2.87. The molecule has 8 heteroatoms. The first-order valence-corrected chi connectivity index (χ1v) is 10.5. The Morgan fingerprint density at radius 2 is 1.41 bits per heavy atom. The van der Waals surface area contributed by atoms with Gasteiger partial charge in [0.25, 0.3) is 17.7 Å². The fourth-order valence-corrected chi connectivity index (χ4v) is 3.17. The Kier molecular flexibility index (Phi) is 8.51. The summed E-state index contributed by atoms with van der Waals surface area (Å²) in [5.41, 5.74) is 1.35. The van der Waals surface area contributed by atoms with Crippen molar-refractivity contribution in [1.29, 1.82) is 0 Å². The number of amides is 3. The second-order valence-electron chi connectivity index (χ2n) is 7.27. The maximum Gasteiger partial charge on any atom is 0.329 e. The lowest BCUT2D eigenvalue weighted by Crippen LogP contribution is -2.44. The molecule has 0 bridgehead atoms. The number of hydrogen-bond acceptors (Lipinski definition) is 6. The van der Waals surface area contributed by atoms with Crippen molar-refractivity contribution < 1.29 is 28.7 Å². The van der Waals surface area contributed by atoms with Crippen LogP contribution < -0.4 is 15.4 Å². The number of rotatable bonds is 9. The van der Waals surface area contributed by atoms with Crippen LogP contribution >= 0.6 is 0 Å². The highest BCUT2D eigenvalue weighted by Gasteiger charge is 2.25. The summed E-state index contributed by atoms with van der Waals surface area (Å²) in [6.07, 6.45) is 0.167. The van der Waals surface area contributed by atoms with Crippen LogP contribution in [-0.4, -0.2) is 43.4 Å². The molecule has 0 aliphatic heterocycles. The van der Waals surface area contributed by atoms with E-state index in [1.165, 1.54) is 13.2 Å². The molecule has 0 aliphatic carbocycles. The molecule has 2 N–H and O–H groups in total. The molecular formula is C26H24N2O6. The van der Waals surface area contributed by atoms with E-state index in [9.17, 15) is 19.2 Å². The number of carbonyl (C=O) groups excluding carboxylic acids is 4. The van der Waals surface area contributed by atoms with E-state index in [0.717, 1.165) is 5.56 Å². The van der Waals surface area contributed by atoms with Gasteiger partial charge in [-0.1, -0.05) is 60.7 Å². The van der Waals surface area contributed by atoms with E-state index < -0.39 is 36.3 Å². The zero-order valence-electron chi connectivity index (χ0n) is 18.5. The van der Waals surface area contributed by atoms with Crippen molar-refractivity contribution in [3.05, 3.63) is 102 Å². The van der Waals surface area contributed by atoms with Crippen LogP contribution in [0.5, 0.6) is 5.75 Å². The quantitative estimate of drug-likeness (QED) is 0.475. The van der Waals surface area contributed by atoms with E-state index in [4.69, 9.17) is 9.47 Å². The SMILES string of the molecule is COc1ccccc1C(=O)NC(=O)COC(=O)C(Cc1ccccc1)NC(=O)c1ccccc1. The molecule has 1 unspecified atom stereocenters. The van der Waals surface area contributed by atoms with E-state index in [0.29, 0.717) is 11.3 Å². The number of nitrogens with one attached hydrogen (secondary N) is 2. The summed E-state index contributed by atoms with van der Waals surface area (Å²) in [7, 11) is 1.41. The first-order valence-electron chi connectivity index (χ1n) is 10.5. The highest BCUT2D eigenvalue weighted by molar-refractivity contribution is 6.06. The van der Waals surface area contributed by atoms with Crippen LogP contribution in [-0.2, 0) is 20.7 Å². The molecule has 3 aromatic rings. The highest BCUT2D eigenvalue weighted by Crippen LogP contribution is 2.16. The van der Waals surface area contributed by atoms with Crippen LogP contribution in [0, 0.1) is 0 Å². The van der Waals surface area contributed by atoms with Gasteiger partial charge in [0, 0.05) is 12.0 Å². The van der Waals surface area contributed by atoms with Gasteiger partial charge in [-0.15, -0.1) is 0 Å². The van der Waals surface area contributed by atoms with Crippen LogP contribution in [0.2, 0.25) is 0 Å². The Morgan fingerprint density at radius 1 is 0.794 bits per heavy atom. The van der Waals surface area contributed by atoms with Gasteiger partial charge in [0.2, 0.25) is 0 Å². The van der Waals surface area contributed by atoms with Crippen molar-refractivity contribution in [2.45, 2.75) is 12.5 Å². The minimum atomic E-state index is -1.03. The van der Waals surface area contributed by atoms with E-state index in [2.05, 4.69) is 10.6 Å². The standard InChI is InChI=1S/C26H24N2O6/c1-33-22-15-9-8-14-20(22)25(31)28-23(29)17-34-26(32)21(16-18-10-4-2-5-11-18)27-24(30)19-12-6-3-7-13-19/h2-15,21H,16-17H2,1H3,(H,27,30)(H,28,29,31). The number of carbonyl (C=O) groups is 4. The van der Waals surface area contributed by atoms with Gasteiger partial charge < -0.3 is 14.8 Å². The first kappa shape index (κ1) is 24.2. The van der Waals surface area contributed by atoms with Crippen molar-refractivity contribution in [1.82, 2.24) is 10.6 Å². The molecule has 3 aromatic carbocycles. The molecule has 8 nitrogen and oxygen atoms in total. The summed E-state index contributed by atoms with van der Waals surface area (Å²) in [6, 6.07) is 22.9. The van der Waals surface area contributed by atoms with Crippen LogP contribution in [0.4, 0.5) is 0 Å². The second-order valence-corrected chi connectivity index (χ2v) is 7.27.